The molecule has 0 aliphatic heterocycles. The minimum Gasteiger partial charge on any atom is -0.477 e. The number of nitrogens with one attached hydrogen (secondary N) is 1. The molecule has 0 radical (unpaired) electrons. The molecule has 1 aromatic rings. The predicted molar refractivity (Wildman–Crippen MR) is 70.0 cm³/mol. The van der Waals surface area contributed by atoms with Crippen LogP contribution in [0.15, 0.2) is 18.3 Å². The minimum absolute atomic E-state index is 0.0580. The summed E-state index contributed by atoms with van der Waals surface area (Å²) < 4.78 is 0. The Labute approximate surface area is 112 Å². The smallest absolute Gasteiger partial charge is 0.354 e. The highest BCUT2D eigenvalue weighted by Crippen LogP contribution is 2.51. The lowest BCUT2D eigenvalue weighted by Gasteiger charge is -2.19. The zero-order valence-electron chi connectivity index (χ0n) is 11.1. The Bertz CT molecular complexity index is 490. The third-order valence-electron chi connectivity index (χ3n) is 3.96. The molecule has 2 rings (SSSR count). The fourth-order valence-corrected chi connectivity index (χ4v) is 2.13. The average molecular weight is 262 g/mol. The van der Waals surface area contributed by atoms with Gasteiger partial charge in [0.2, 0.25) is 0 Å². The lowest BCUT2D eigenvalue weighted by molar-refractivity contribution is 0.0689. The van der Waals surface area contributed by atoms with Crippen LogP contribution in [0.1, 0.15) is 47.5 Å². The highest BCUT2D eigenvalue weighted by Gasteiger charge is 2.45. The summed E-state index contributed by atoms with van der Waals surface area (Å²) in [6.07, 6.45) is 3.61. The lowest BCUT2D eigenvalue weighted by Crippen LogP contribution is -2.32. The summed E-state index contributed by atoms with van der Waals surface area (Å²) in [5.41, 5.74) is 0.589. The summed E-state index contributed by atoms with van der Waals surface area (Å²) in [6, 6.07) is 2.83. The third-order valence-corrected chi connectivity index (χ3v) is 3.96. The van der Waals surface area contributed by atoms with Crippen LogP contribution in [-0.2, 0) is 0 Å². The van der Waals surface area contributed by atoms with E-state index in [1.807, 2.05) is 0 Å². The molecule has 19 heavy (non-hydrogen) atoms. The number of nitrogens with zero attached hydrogens (tertiary/aromatic N) is 1. The van der Waals surface area contributed by atoms with Crippen LogP contribution in [0.3, 0.4) is 0 Å². The van der Waals surface area contributed by atoms with E-state index < -0.39 is 5.97 Å². The maximum atomic E-state index is 11.9. The number of aromatic carboxylic acids is 1. The number of carbonyl (C=O) groups is 2. The molecule has 1 heterocycles. The fourth-order valence-electron chi connectivity index (χ4n) is 2.13. The van der Waals surface area contributed by atoms with Gasteiger partial charge in [0.1, 0.15) is 5.69 Å². The van der Waals surface area contributed by atoms with Gasteiger partial charge in [-0.2, -0.15) is 0 Å². The van der Waals surface area contributed by atoms with Crippen molar-refractivity contribution in [1.29, 1.82) is 0 Å². The molecular formula is C14H18N2O3. The van der Waals surface area contributed by atoms with Crippen LogP contribution in [0.5, 0.6) is 0 Å². The SMILES string of the molecule is CC(C)C1(CNC(=O)c2ccc(C(=O)O)nc2)CC1. The molecule has 0 aromatic carbocycles. The van der Waals surface area contributed by atoms with Gasteiger partial charge in [-0.15, -0.1) is 0 Å². The van der Waals surface area contributed by atoms with Gasteiger partial charge in [0.25, 0.3) is 5.91 Å². The first-order valence-corrected chi connectivity index (χ1v) is 6.42. The third kappa shape index (κ3) is 2.92. The van der Waals surface area contributed by atoms with Crippen LogP contribution in [0.2, 0.25) is 0 Å². The van der Waals surface area contributed by atoms with Crippen molar-refractivity contribution in [2.45, 2.75) is 26.7 Å². The summed E-state index contributed by atoms with van der Waals surface area (Å²) in [5, 5.41) is 11.6. The zero-order chi connectivity index (χ0) is 14.0. The number of hydrogen-bond donors (Lipinski definition) is 2. The van der Waals surface area contributed by atoms with Crippen molar-refractivity contribution in [2.24, 2.45) is 11.3 Å². The molecule has 1 aliphatic carbocycles. The summed E-state index contributed by atoms with van der Waals surface area (Å²) in [6.45, 7) is 5.01. The number of amides is 1. The number of carboxylic acids is 1. The average Bonchev–Trinajstić information content (AvgIpc) is 3.17. The molecule has 0 saturated heterocycles. The molecular weight excluding hydrogens is 244 g/mol. The standard InChI is InChI=1S/C14H18N2O3/c1-9(2)14(5-6-14)8-16-12(17)10-3-4-11(13(18)19)15-7-10/h3-4,7,9H,5-6,8H2,1-2H3,(H,16,17)(H,18,19). The first kappa shape index (κ1) is 13.5. The Kier molecular flexibility index (Phi) is 3.55. The monoisotopic (exact) mass is 262 g/mol. The van der Waals surface area contributed by atoms with Crippen LogP contribution in [0, 0.1) is 11.3 Å². The molecule has 0 unspecified atom stereocenters. The van der Waals surface area contributed by atoms with Crippen LogP contribution < -0.4 is 5.32 Å². The molecule has 1 fully saturated rings. The Morgan fingerprint density at radius 3 is 2.53 bits per heavy atom. The minimum atomic E-state index is -1.09. The molecule has 0 atom stereocenters. The van der Waals surface area contributed by atoms with Crippen LogP contribution in [0.4, 0.5) is 0 Å². The van der Waals surface area contributed by atoms with E-state index in [0.717, 1.165) is 12.8 Å². The van der Waals surface area contributed by atoms with Gasteiger partial charge < -0.3 is 10.4 Å². The Morgan fingerprint density at radius 1 is 1.42 bits per heavy atom. The van der Waals surface area contributed by atoms with E-state index in [1.165, 1.54) is 18.3 Å². The first-order valence-electron chi connectivity index (χ1n) is 6.42. The van der Waals surface area contributed by atoms with Gasteiger partial charge in [-0.3, -0.25) is 4.79 Å². The second kappa shape index (κ2) is 4.99. The topological polar surface area (TPSA) is 79.3 Å². The summed E-state index contributed by atoms with van der Waals surface area (Å²) >= 11 is 0. The van der Waals surface area contributed by atoms with E-state index in [2.05, 4.69) is 24.1 Å². The Balaban J connectivity index is 1.95. The van der Waals surface area contributed by atoms with Crippen molar-refractivity contribution in [3.05, 3.63) is 29.6 Å². The van der Waals surface area contributed by atoms with E-state index in [4.69, 9.17) is 5.11 Å². The highest BCUT2D eigenvalue weighted by molar-refractivity contribution is 5.94. The van der Waals surface area contributed by atoms with E-state index in [0.29, 0.717) is 18.0 Å². The van der Waals surface area contributed by atoms with Gasteiger partial charge in [-0.1, -0.05) is 13.8 Å². The van der Waals surface area contributed by atoms with Gasteiger partial charge >= 0.3 is 5.97 Å². The number of pyridine rings is 1. The largest absolute Gasteiger partial charge is 0.477 e. The highest BCUT2D eigenvalue weighted by atomic mass is 16.4. The summed E-state index contributed by atoms with van der Waals surface area (Å²) in [7, 11) is 0. The lowest BCUT2D eigenvalue weighted by atomic mass is 9.92. The number of carbonyl (C=O) groups excluding carboxylic acids is 1. The van der Waals surface area contributed by atoms with Gasteiger partial charge in [0, 0.05) is 12.7 Å². The van der Waals surface area contributed by atoms with Gasteiger partial charge in [-0.25, -0.2) is 9.78 Å². The van der Waals surface area contributed by atoms with Crippen molar-refractivity contribution < 1.29 is 14.7 Å². The van der Waals surface area contributed by atoms with Crippen LogP contribution in [-0.4, -0.2) is 28.5 Å². The van der Waals surface area contributed by atoms with Crippen molar-refractivity contribution in [1.82, 2.24) is 10.3 Å². The maximum absolute atomic E-state index is 11.9. The van der Waals surface area contributed by atoms with E-state index in [9.17, 15) is 9.59 Å². The molecule has 2 N–H and O–H groups in total. The number of aromatic nitrogens is 1. The predicted octanol–water partition coefficient (Wildman–Crippen LogP) is 1.95. The maximum Gasteiger partial charge on any atom is 0.354 e. The fraction of sp³-hybridized carbons (Fsp3) is 0.500. The summed E-state index contributed by atoms with van der Waals surface area (Å²) in [5.74, 6) is -0.736. The van der Waals surface area contributed by atoms with Gasteiger partial charge in [-0.05, 0) is 36.3 Å². The van der Waals surface area contributed by atoms with Crippen molar-refractivity contribution in [2.75, 3.05) is 6.54 Å². The molecule has 0 spiro atoms. The molecule has 0 bridgehead atoms. The van der Waals surface area contributed by atoms with Gasteiger partial charge in [0.15, 0.2) is 0 Å². The van der Waals surface area contributed by atoms with E-state index >= 15 is 0 Å². The molecule has 1 amide bonds. The van der Waals surface area contributed by atoms with E-state index in [-0.39, 0.29) is 17.0 Å². The van der Waals surface area contributed by atoms with Crippen LogP contribution >= 0.6 is 0 Å². The van der Waals surface area contributed by atoms with Crippen LogP contribution in [0.25, 0.3) is 0 Å². The zero-order valence-corrected chi connectivity index (χ0v) is 11.1. The molecule has 5 heteroatoms. The normalized spacial score (nSPS) is 16.2. The van der Waals surface area contributed by atoms with Crippen molar-refractivity contribution in [3.63, 3.8) is 0 Å². The molecule has 102 valence electrons. The first-order chi connectivity index (χ1) is 8.94. The molecule has 5 nitrogen and oxygen atoms in total. The van der Waals surface area contributed by atoms with Gasteiger partial charge in [0.05, 0.1) is 5.56 Å². The molecule has 1 aromatic heterocycles. The Morgan fingerprint density at radius 2 is 2.11 bits per heavy atom. The summed E-state index contributed by atoms with van der Waals surface area (Å²) in [4.78, 5) is 26.3. The molecule has 1 aliphatic rings. The number of rotatable bonds is 5. The molecule has 1 saturated carbocycles. The van der Waals surface area contributed by atoms with Crippen molar-refractivity contribution >= 4 is 11.9 Å². The Hall–Kier alpha value is -1.91. The van der Waals surface area contributed by atoms with E-state index in [1.54, 1.807) is 0 Å². The van der Waals surface area contributed by atoms with Crippen molar-refractivity contribution in [3.8, 4) is 0 Å². The number of carboxylic acid groups (broad SMARTS) is 1. The quantitative estimate of drug-likeness (QED) is 0.850. The number of hydrogen-bond acceptors (Lipinski definition) is 3. The second-order valence-electron chi connectivity index (χ2n) is 5.44. The second-order valence-corrected chi connectivity index (χ2v) is 5.44.